The predicted octanol–water partition coefficient (Wildman–Crippen LogP) is 5.50. The van der Waals surface area contributed by atoms with E-state index in [1.54, 1.807) is 18.2 Å². The third-order valence-corrected chi connectivity index (χ3v) is 4.86. The molecule has 0 saturated carbocycles. The molecule has 0 unspecified atom stereocenters. The molecule has 0 atom stereocenters. The van der Waals surface area contributed by atoms with Gasteiger partial charge < -0.3 is 4.74 Å². The maximum Gasteiger partial charge on any atom is 0.339 e. The van der Waals surface area contributed by atoms with Crippen molar-refractivity contribution >= 4 is 58.2 Å². The van der Waals surface area contributed by atoms with Gasteiger partial charge in [0, 0.05) is 27.8 Å². The fraction of sp³-hybridized carbons (Fsp3) is 0.133. The van der Waals surface area contributed by atoms with E-state index in [-0.39, 0.29) is 22.9 Å². The highest BCUT2D eigenvalue weighted by Crippen LogP contribution is 2.30. The number of nitro benzene ring substituents is 1. The molecule has 5 nitrogen and oxygen atoms in total. The molecule has 2 aromatic carbocycles. The average molecular weight is 407 g/mol. The fourth-order valence-corrected chi connectivity index (χ4v) is 3.31. The Kier molecular flexibility index (Phi) is 6.74. The molecule has 0 radical (unpaired) electrons. The van der Waals surface area contributed by atoms with Gasteiger partial charge in [-0.2, -0.15) is 0 Å². The number of hydrogen-bond acceptors (Lipinski definition) is 5. The Bertz CT molecular complexity index is 785. The van der Waals surface area contributed by atoms with Crippen LogP contribution in [0, 0.1) is 10.1 Å². The van der Waals surface area contributed by atoms with Gasteiger partial charge in [-0.3, -0.25) is 10.1 Å². The van der Waals surface area contributed by atoms with Crippen molar-refractivity contribution in [1.29, 1.82) is 0 Å². The topological polar surface area (TPSA) is 69.4 Å². The maximum atomic E-state index is 11.9. The van der Waals surface area contributed by atoms with Crippen LogP contribution in [-0.4, -0.2) is 23.3 Å². The summed E-state index contributed by atoms with van der Waals surface area (Å²) < 4.78 is 5.11. The van der Waals surface area contributed by atoms with Crippen LogP contribution in [0.15, 0.2) is 41.3 Å². The minimum atomic E-state index is -0.646. The highest BCUT2D eigenvalue weighted by Gasteiger charge is 2.16. The number of nitrogens with zero attached hydrogens (tertiary/aromatic N) is 1. The lowest BCUT2D eigenvalue weighted by Gasteiger charge is -2.07. The number of hydrogen-bond donors (Lipinski definition) is 0. The second-order valence-corrected chi connectivity index (χ2v) is 6.87. The van der Waals surface area contributed by atoms with Gasteiger partial charge in [0.25, 0.3) is 5.69 Å². The standard InChI is InChI=1S/C15H10Cl3NO4S/c16-9-1-4-12(17)14(7-9)24-6-5-23-15(20)11-3-2-10(19(21)22)8-13(11)18/h1-4,7-8H,5-6H2. The number of rotatable bonds is 6. The summed E-state index contributed by atoms with van der Waals surface area (Å²) in [6, 6.07) is 8.68. The molecule has 0 amide bonds. The van der Waals surface area contributed by atoms with E-state index in [2.05, 4.69) is 0 Å². The largest absolute Gasteiger partial charge is 0.461 e. The molecule has 0 N–H and O–H groups in total. The summed E-state index contributed by atoms with van der Waals surface area (Å²) in [7, 11) is 0. The van der Waals surface area contributed by atoms with Crippen molar-refractivity contribution in [3.63, 3.8) is 0 Å². The number of carbonyl (C=O) groups is 1. The lowest BCUT2D eigenvalue weighted by molar-refractivity contribution is -0.384. The summed E-state index contributed by atoms with van der Waals surface area (Å²) in [6.45, 7) is 0.125. The maximum absolute atomic E-state index is 11.9. The van der Waals surface area contributed by atoms with Gasteiger partial charge in [-0.25, -0.2) is 4.79 Å². The Balaban J connectivity index is 1.89. The van der Waals surface area contributed by atoms with Crippen LogP contribution in [0.2, 0.25) is 15.1 Å². The summed E-state index contributed by atoms with van der Waals surface area (Å²) in [5.74, 6) is -0.177. The first-order valence-corrected chi connectivity index (χ1v) is 8.69. The van der Waals surface area contributed by atoms with E-state index in [1.807, 2.05) is 0 Å². The fourth-order valence-electron chi connectivity index (χ4n) is 1.73. The van der Waals surface area contributed by atoms with Gasteiger partial charge in [-0.15, -0.1) is 11.8 Å². The molecule has 0 fully saturated rings. The summed E-state index contributed by atoms with van der Waals surface area (Å²) >= 11 is 19.2. The first-order chi connectivity index (χ1) is 11.4. The molecular formula is C15H10Cl3NO4S. The molecule has 2 aromatic rings. The Morgan fingerprint density at radius 1 is 1.12 bits per heavy atom. The van der Waals surface area contributed by atoms with Crippen molar-refractivity contribution in [1.82, 2.24) is 0 Å². The number of esters is 1. The molecule has 0 aliphatic carbocycles. The molecule has 0 aliphatic rings. The van der Waals surface area contributed by atoms with E-state index in [0.717, 1.165) is 11.0 Å². The van der Waals surface area contributed by atoms with Crippen LogP contribution >= 0.6 is 46.6 Å². The quantitative estimate of drug-likeness (QED) is 0.208. The number of ether oxygens (including phenoxy) is 1. The van der Waals surface area contributed by atoms with E-state index in [4.69, 9.17) is 39.5 Å². The number of benzene rings is 2. The van der Waals surface area contributed by atoms with Gasteiger partial charge in [0.1, 0.15) is 6.61 Å². The van der Waals surface area contributed by atoms with Crippen molar-refractivity contribution in [3.8, 4) is 0 Å². The molecule has 0 aromatic heterocycles. The Labute approximate surface area is 157 Å². The van der Waals surface area contributed by atoms with Gasteiger partial charge in [0.2, 0.25) is 0 Å². The van der Waals surface area contributed by atoms with E-state index in [1.165, 1.54) is 23.9 Å². The van der Waals surface area contributed by atoms with Crippen molar-refractivity contribution in [3.05, 3.63) is 67.1 Å². The van der Waals surface area contributed by atoms with Gasteiger partial charge in [0.05, 0.1) is 20.5 Å². The highest BCUT2D eigenvalue weighted by atomic mass is 35.5. The van der Waals surface area contributed by atoms with E-state index >= 15 is 0 Å². The van der Waals surface area contributed by atoms with E-state index in [0.29, 0.717) is 15.8 Å². The summed E-state index contributed by atoms with van der Waals surface area (Å²) in [4.78, 5) is 22.8. The van der Waals surface area contributed by atoms with Crippen LogP contribution in [0.3, 0.4) is 0 Å². The summed E-state index contributed by atoms with van der Waals surface area (Å²) in [5.41, 5.74) is -0.115. The zero-order valence-electron chi connectivity index (χ0n) is 12.0. The van der Waals surface area contributed by atoms with Crippen LogP contribution in [0.25, 0.3) is 0 Å². The van der Waals surface area contributed by atoms with Crippen LogP contribution in [0.5, 0.6) is 0 Å². The third kappa shape index (κ3) is 5.01. The normalized spacial score (nSPS) is 10.5. The zero-order valence-corrected chi connectivity index (χ0v) is 15.1. The number of thioether (sulfide) groups is 1. The number of carbonyl (C=O) groups excluding carboxylic acids is 1. The first-order valence-electron chi connectivity index (χ1n) is 6.57. The van der Waals surface area contributed by atoms with Crippen LogP contribution < -0.4 is 0 Å². The Hall–Kier alpha value is -1.47. The molecule has 126 valence electrons. The molecule has 2 rings (SSSR count). The molecular weight excluding hydrogens is 397 g/mol. The monoisotopic (exact) mass is 405 g/mol. The van der Waals surface area contributed by atoms with Crippen LogP contribution in [0.4, 0.5) is 5.69 Å². The van der Waals surface area contributed by atoms with E-state index in [9.17, 15) is 14.9 Å². The number of nitro groups is 1. The number of halogens is 3. The van der Waals surface area contributed by atoms with Crippen LogP contribution in [0.1, 0.15) is 10.4 Å². The smallest absolute Gasteiger partial charge is 0.339 e. The minimum absolute atomic E-state index is 0.0280. The van der Waals surface area contributed by atoms with Crippen molar-refractivity contribution < 1.29 is 14.5 Å². The van der Waals surface area contributed by atoms with Gasteiger partial charge in [-0.1, -0.05) is 34.8 Å². The lowest BCUT2D eigenvalue weighted by atomic mass is 10.2. The Morgan fingerprint density at radius 3 is 2.54 bits per heavy atom. The van der Waals surface area contributed by atoms with Gasteiger partial charge >= 0.3 is 5.97 Å². The van der Waals surface area contributed by atoms with Crippen molar-refractivity contribution in [2.75, 3.05) is 12.4 Å². The average Bonchev–Trinajstić information content (AvgIpc) is 2.54. The second-order valence-electron chi connectivity index (χ2n) is 4.48. The molecule has 24 heavy (non-hydrogen) atoms. The highest BCUT2D eigenvalue weighted by molar-refractivity contribution is 7.99. The molecule has 0 spiro atoms. The molecule has 0 aliphatic heterocycles. The number of non-ortho nitro benzene ring substituents is 1. The predicted molar refractivity (Wildman–Crippen MR) is 95.6 cm³/mol. The van der Waals surface area contributed by atoms with Crippen LogP contribution in [-0.2, 0) is 4.74 Å². The molecule has 0 bridgehead atoms. The second kappa shape index (κ2) is 8.58. The van der Waals surface area contributed by atoms with E-state index < -0.39 is 10.9 Å². The van der Waals surface area contributed by atoms with Crippen molar-refractivity contribution in [2.45, 2.75) is 4.90 Å². The zero-order chi connectivity index (χ0) is 17.7. The lowest BCUT2D eigenvalue weighted by Crippen LogP contribution is -2.08. The van der Waals surface area contributed by atoms with Gasteiger partial charge in [0.15, 0.2) is 0 Å². The summed E-state index contributed by atoms with van der Waals surface area (Å²) in [5, 5.41) is 11.7. The SMILES string of the molecule is O=C(OCCSc1cc(Cl)ccc1Cl)c1ccc([N+](=O)[O-])cc1Cl. The third-order valence-electron chi connectivity index (χ3n) is 2.85. The first kappa shape index (κ1) is 18.9. The molecule has 9 heteroatoms. The summed E-state index contributed by atoms with van der Waals surface area (Å²) in [6.07, 6.45) is 0. The van der Waals surface area contributed by atoms with Gasteiger partial charge in [-0.05, 0) is 24.3 Å². The molecule has 0 saturated heterocycles. The molecule has 0 heterocycles. The minimum Gasteiger partial charge on any atom is -0.461 e. The van der Waals surface area contributed by atoms with Crippen molar-refractivity contribution in [2.24, 2.45) is 0 Å². The Morgan fingerprint density at radius 2 is 1.88 bits per heavy atom.